The standard InChI is InChI=1S/C19H23N3O2/c1-3-14(4-2)18(23)21-13-15-8-5-6-10-17(15)22-19(24)16-9-7-11-20-12-16/h5-12,14H,3-4,13H2,1-2H3,(H,21,23)(H,22,24). The summed E-state index contributed by atoms with van der Waals surface area (Å²) < 4.78 is 0. The van der Waals surface area contributed by atoms with E-state index in [4.69, 9.17) is 0 Å². The predicted molar refractivity (Wildman–Crippen MR) is 94.6 cm³/mol. The van der Waals surface area contributed by atoms with Crippen LogP contribution in [0.1, 0.15) is 42.6 Å². The lowest BCUT2D eigenvalue weighted by molar-refractivity contribution is -0.125. The van der Waals surface area contributed by atoms with Crippen molar-refractivity contribution in [3.8, 4) is 0 Å². The number of nitrogens with one attached hydrogen (secondary N) is 2. The molecule has 0 aliphatic heterocycles. The molecular weight excluding hydrogens is 302 g/mol. The Morgan fingerprint density at radius 2 is 1.83 bits per heavy atom. The quantitative estimate of drug-likeness (QED) is 0.820. The number of para-hydroxylation sites is 1. The van der Waals surface area contributed by atoms with Crippen LogP contribution < -0.4 is 10.6 Å². The number of carbonyl (C=O) groups excluding carboxylic acids is 2. The highest BCUT2D eigenvalue weighted by molar-refractivity contribution is 6.04. The lowest BCUT2D eigenvalue weighted by Gasteiger charge is -2.15. The van der Waals surface area contributed by atoms with Gasteiger partial charge in [0, 0.05) is 30.5 Å². The minimum absolute atomic E-state index is 0.0298. The van der Waals surface area contributed by atoms with Gasteiger partial charge in [0.15, 0.2) is 0 Å². The average Bonchev–Trinajstić information content (AvgIpc) is 2.62. The van der Waals surface area contributed by atoms with Gasteiger partial charge >= 0.3 is 0 Å². The Labute approximate surface area is 142 Å². The van der Waals surface area contributed by atoms with Gasteiger partial charge in [0.25, 0.3) is 5.91 Å². The SMILES string of the molecule is CCC(CC)C(=O)NCc1ccccc1NC(=O)c1cccnc1. The zero-order chi connectivity index (χ0) is 17.4. The molecule has 0 unspecified atom stereocenters. The lowest BCUT2D eigenvalue weighted by atomic mass is 10.0. The van der Waals surface area contributed by atoms with Gasteiger partial charge in [0.2, 0.25) is 5.91 Å². The highest BCUT2D eigenvalue weighted by Gasteiger charge is 2.14. The van der Waals surface area contributed by atoms with E-state index in [9.17, 15) is 9.59 Å². The minimum Gasteiger partial charge on any atom is -0.352 e. The highest BCUT2D eigenvalue weighted by atomic mass is 16.2. The molecule has 24 heavy (non-hydrogen) atoms. The summed E-state index contributed by atoms with van der Waals surface area (Å²) in [5.74, 6) is -0.141. The second-order valence-electron chi connectivity index (χ2n) is 5.58. The minimum atomic E-state index is -0.220. The molecule has 0 atom stereocenters. The van der Waals surface area contributed by atoms with Crippen molar-refractivity contribution in [2.75, 3.05) is 5.32 Å². The van der Waals surface area contributed by atoms with Gasteiger partial charge in [0.05, 0.1) is 5.56 Å². The van der Waals surface area contributed by atoms with Crippen LogP contribution in [0.15, 0.2) is 48.8 Å². The molecule has 0 aliphatic rings. The fraction of sp³-hybridized carbons (Fsp3) is 0.316. The topological polar surface area (TPSA) is 71.1 Å². The summed E-state index contributed by atoms with van der Waals surface area (Å²) in [5.41, 5.74) is 2.05. The van der Waals surface area contributed by atoms with Crippen molar-refractivity contribution in [1.29, 1.82) is 0 Å². The predicted octanol–water partition coefficient (Wildman–Crippen LogP) is 3.39. The van der Waals surface area contributed by atoms with Gasteiger partial charge in [0.1, 0.15) is 0 Å². The number of hydrogen-bond donors (Lipinski definition) is 2. The zero-order valence-corrected chi connectivity index (χ0v) is 14.1. The Hall–Kier alpha value is -2.69. The first-order valence-corrected chi connectivity index (χ1v) is 8.22. The van der Waals surface area contributed by atoms with E-state index >= 15 is 0 Å². The largest absolute Gasteiger partial charge is 0.352 e. The van der Waals surface area contributed by atoms with Crippen LogP contribution in [0.5, 0.6) is 0 Å². The van der Waals surface area contributed by atoms with Crippen LogP contribution in [-0.2, 0) is 11.3 Å². The van der Waals surface area contributed by atoms with Crippen LogP contribution in [0.3, 0.4) is 0 Å². The first-order valence-electron chi connectivity index (χ1n) is 8.22. The van der Waals surface area contributed by atoms with E-state index in [0.717, 1.165) is 18.4 Å². The molecule has 0 bridgehead atoms. The average molecular weight is 325 g/mol. The lowest BCUT2D eigenvalue weighted by Crippen LogP contribution is -2.30. The maximum Gasteiger partial charge on any atom is 0.257 e. The van der Waals surface area contributed by atoms with Crippen LogP contribution >= 0.6 is 0 Å². The zero-order valence-electron chi connectivity index (χ0n) is 14.1. The summed E-state index contributed by atoms with van der Waals surface area (Å²) in [7, 11) is 0. The third-order valence-electron chi connectivity index (χ3n) is 4.00. The third-order valence-corrected chi connectivity index (χ3v) is 4.00. The van der Waals surface area contributed by atoms with Crippen LogP contribution in [0, 0.1) is 5.92 Å². The molecule has 0 saturated heterocycles. The molecule has 5 nitrogen and oxygen atoms in total. The molecule has 0 fully saturated rings. The number of nitrogens with zero attached hydrogens (tertiary/aromatic N) is 1. The van der Waals surface area contributed by atoms with Gasteiger partial charge < -0.3 is 10.6 Å². The molecule has 1 aromatic carbocycles. The van der Waals surface area contributed by atoms with E-state index in [-0.39, 0.29) is 17.7 Å². The van der Waals surface area contributed by atoms with E-state index < -0.39 is 0 Å². The molecule has 2 N–H and O–H groups in total. The Bertz CT molecular complexity index is 682. The fourth-order valence-electron chi connectivity index (χ4n) is 2.47. The van der Waals surface area contributed by atoms with Crippen molar-refractivity contribution >= 4 is 17.5 Å². The maximum absolute atomic E-state index is 12.3. The van der Waals surface area contributed by atoms with Crippen LogP contribution in [-0.4, -0.2) is 16.8 Å². The number of aromatic nitrogens is 1. The van der Waals surface area contributed by atoms with Gasteiger partial charge in [-0.2, -0.15) is 0 Å². The van der Waals surface area contributed by atoms with Crippen molar-refractivity contribution in [3.05, 3.63) is 59.9 Å². The van der Waals surface area contributed by atoms with Crippen molar-refractivity contribution in [2.45, 2.75) is 33.2 Å². The Morgan fingerprint density at radius 1 is 1.08 bits per heavy atom. The van der Waals surface area contributed by atoms with Crippen LogP contribution in [0.25, 0.3) is 0 Å². The highest BCUT2D eigenvalue weighted by Crippen LogP contribution is 2.16. The fourth-order valence-corrected chi connectivity index (χ4v) is 2.47. The molecule has 2 amide bonds. The van der Waals surface area contributed by atoms with Gasteiger partial charge in [-0.1, -0.05) is 32.0 Å². The monoisotopic (exact) mass is 325 g/mol. The van der Waals surface area contributed by atoms with Gasteiger partial charge in [-0.05, 0) is 36.6 Å². The number of pyridine rings is 1. The summed E-state index contributed by atoms with van der Waals surface area (Å²) in [6, 6.07) is 10.9. The number of carbonyl (C=O) groups is 2. The van der Waals surface area contributed by atoms with E-state index in [0.29, 0.717) is 17.8 Å². The summed E-state index contributed by atoms with van der Waals surface area (Å²) >= 11 is 0. The van der Waals surface area contributed by atoms with Crippen molar-refractivity contribution in [3.63, 3.8) is 0 Å². The molecule has 2 rings (SSSR count). The van der Waals surface area contributed by atoms with Gasteiger partial charge in [-0.3, -0.25) is 14.6 Å². The molecule has 0 saturated carbocycles. The van der Waals surface area contributed by atoms with E-state index in [1.54, 1.807) is 18.3 Å². The summed E-state index contributed by atoms with van der Waals surface area (Å²) in [6.45, 7) is 4.41. The molecule has 1 aromatic heterocycles. The van der Waals surface area contributed by atoms with Crippen molar-refractivity contribution < 1.29 is 9.59 Å². The molecule has 1 heterocycles. The van der Waals surface area contributed by atoms with Crippen molar-refractivity contribution in [1.82, 2.24) is 10.3 Å². The number of hydrogen-bond acceptors (Lipinski definition) is 3. The molecule has 0 radical (unpaired) electrons. The Kier molecular flexibility index (Phi) is 6.49. The Morgan fingerprint density at radius 3 is 2.50 bits per heavy atom. The molecule has 5 heteroatoms. The number of anilines is 1. The summed E-state index contributed by atoms with van der Waals surface area (Å²) in [6.07, 6.45) is 4.79. The van der Waals surface area contributed by atoms with E-state index in [2.05, 4.69) is 15.6 Å². The smallest absolute Gasteiger partial charge is 0.257 e. The first kappa shape index (κ1) is 17.7. The summed E-state index contributed by atoms with van der Waals surface area (Å²) in [4.78, 5) is 28.3. The number of benzene rings is 1. The first-order chi connectivity index (χ1) is 11.7. The van der Waals surface area contributed by atoms with E-state index in [1.165, 1.54) is 6.20 Å². The number of rotatable bonds is 7. The van der Waals surface area contributed by atoms with Gasteiger partial charge in [-0.15, -0.1) is 0 Å². The number of amides is 2. The van der Waals surface area contributed by atoms with Crippen molar-refractivity contribution in [2.24, 2.45) is 5.92 Å². The molecular formula is C19H23N3O2. The van der Waals surface area contributed by atoms with Crippen LogP contribution in [0.4, 0.5) is 5.69 Å². The second kappa shape index (κ2) is 8.82. The third kappa shape index (κ3) is 4.65. The van der Waals surface area contributed by atoms with Gasteiger partial charge in [-0.25, -0.2) is 0 Å². The Balaban J connectivity index is 2.05. The van der Waals surface area contributed by atoms with E-state index in [1.807, 2.05) is 38.1 Å². The second-order valence-corrected chi connectivity index (χ2v) is 5.58. The molecule has 2 aromatic rings. The normalized spacial score (nSPS) is 10.5. The summed E-state index contributed by atoms with van der Waals surface area (Å²) in [5, 5.41) is 5.83. The molecule has 0 spiro atoms. The van der Waals surface area contributed by atoms with Crippen LogP contribution in [0.2, 0.25) is 0 Å². The molecule has 0 aliphatic carbocycles. The molecule has 126 valence electrons. The maximum atomic E-state index is 12.3.